The van der Waals surface area contributed by atoms with Gasteiger partial charge in [-0.05, 0) is 56.9 Å². The van der Waals surface area contributed by atoms with E-state index in [0.717, 1.165) is 36.6 Å². The first-order valence-corrected chi connectivity index (χ1v) is 10.3. The highest BCUT2D eigenvalue weighted by Crippen LogP contribution is 2.27. The predicted molar refractivity (Wildman–Crippen MR) is 102 cm³/mol. The van der Waals surface area contributed by atoms with Crippen LogP contribution in [0.3, 0.4) is 0 Å². The number of aliphatic carboxylic acids is 1. The lowest BCUT2D eigenvalue weighted by molar-refractivity contribution is -0.144. The van der Waals surface area contributed by atoms with Crippen molar-refractivity contribution in [1.82, 2.24) is 14.7 Å². The van der Waals surface area contributed by atoms with Crippen molar-refractivity contribution in [3.8, 4) is 0 Å². The Hall–Kier alpha value is -1.08. The normalized spacial score (nSPS) is 22.8. The van der Waals surface area contributed by atoms with Gasteiger partial charge in [0.2, 0.25) is 0 Å². The van der Waals surface area contributed by atoms with Gasteiger partial charge >= 0.3 is 5.97 Å². The van der Waals surface area contributed by atoms with Crippen molar-refractivity contribution in [3.63, 3.8) is 0 Å². The zero-order valence-electron chi connectivity index (χ0n) is 15.2. The number of piperidine rings is 1. The highest BCUT2D eigenvalue weighted by Gasteiger charge is 2.33. The number of hydrogen-bond acceptors (Lipinski definition) is 5. The largest absolute Gasteiger partial charge is 0.480 e. The minimum absolute atomic E-state index is 0.535. The topological polar surface area (TPSA) is 47.0 Å². The standard InChI is InChI=1S/C19H29N3O2S/c1-20-8-6-16(7-9-20)21-10-12-22(13-11-21)18(19(23)24)15-4-3-5-17(14-15)25-2/h3-5,14,16,18H,6-13H2,1-2H3,(H,23,24). The van der Waals surface area contributed by atoms with Gasteiger partial charge in [0.05, 0.1) is 0 Å². The lowest BCUT2D eigenvalue weighted by Gasteiger charge is -2.43. The smallest absolute Gasteiger partial charge is 0.325 e. The Kier molecular flexibility index (Phi) is 6.39. The first kappa shape index (κ1) is 18.7. The molecule has 1 unspecified atom stereocenters. The molecule has 6 heteroatoms. The second-order valence-electron chi connectivity index (χ2n) is 7.12. The molecule has 2 aliphatic heterocycles. The van der Waals surface area contributed by atoms with Crippen molar-refractivity contribution < 1.29 is 9.90 Å². The van der Waals surface area contributed by atoms with Crippen LogP contribution in [-0.2, 0) is 4.79 Å². The predicted octanol–water partition coefficient (Wildman–Crippen LogP) is 2.25. The lowest BCUT2D eigenvalue weighted by atomic mass is 10.0. The number of carbonyl (C=O) groups is 1. The van der Waals surface area contributed by atoms with Crippen molar-refractivity contribution in [1.29, 1.82) is 0 Å². The number of thioether (sulfide) groups is 1. The molecule has 1 aromatic carbocycles. The van der Waals surface area contributed by atoms with Crippen LogP contribution in [0, 0.1) is 0 Å². The van der Waals surface area contributed by atoms with Gasteiger partial charge in [-0.3, -0.25) is 14.6 Å². The van der Waals surface area contributed by atoms with Crippen LogP contribution in [0.1, 0.15) is 24.4 Å². The summed E-state index contributed by atoms with van der Waals surface area (Å²) >= 11 is 1.65. The minimum Gasteiger partial charge on any atom is -0.480 e. The molecule has 0 amide bonds. The molecular weight excluding hydrogens is 334 g/mol. The fourth-order valence-corrected chi connectivity index (χ4v) is 4.51. The number of benzene rings is 1. The van der Waals surface area contributed by atoms with Gasteiger partial charge in [-0.25, -0.2) is 0 Å². The number of piperazine rings is 1. The van der Waals surface area contributed by atoms with Crippen LogP contribution in [0.2, 0.25) is 0 Å². The monoisotopic (exact) mass is 363 g/mol. The van der Waals surface area contributed by atoms with Gasteiger partial charge in [-0.2, -0.15) is 0 Å². The second-order valence-corrected chi connectivity index (χ2v) is 8.00. The van der Waals surface area contributed by atoms with E-state index in [1.54, 1.807) is 11.8 Å². The van der Waals surface area contributed by atoms with E-state index in [1.807, 2.05) is 30.5 Å². The molecule has 0 saturated carbocycles. The number of likely N-dealkylation sites (tertiary alicyclic amines) is 1. The Morgan fingerprint density at radius 2 is 1.84 bits per heavy atom. The summed E-state index contributed by atoms with van der Waals surface area (Å²) in [6, 6.07) is 8.10. The van der Waals surface area contributed by atoms with E-state index in [9.17, 15) is 9.90 Å². The SMILES string of the molecule is CSc1cccc(C(C(=O)O)N2CCN(C3CCN(C)CC3)CC2)c1. The molecule has 2 aliphatic rings. The maximum Gasteiger partial charge on any atom is 0.325 e. The number of rotatable bonds is 5. The summed E-state index contributed by atoms with van der Waals surface area (Å²) in [5.41, 5.74) is 0.895. The molecule has 2 heterocycles. The number of hydrogen-bond donors (Lipinski definition) is 1. The van der Waals surface area contributed by atoms with Gasteiger partial charge in [0, 0.05) is 37.1 Å². The lowest BCUT2D eigenvalue weighted by Crippen LogP contribution is -2.54. The third-order valence-corrected chi connectivity index (χ3v) is 6.29. The maximum atomic E-state index is 12.0. The Morgan fingerprint density at radius 1 is 1.16 bits per heavy atom. The van der Waals surface area contributed by atoms with E-state index >= 15 is 0 Å². The van der Waals surface area contributed by atoms with Crippen molar-refractivity contribution in [2.75, 3.05) is 52.6 Å². The van der Waals surface area contributed by atoms with Crippen LogP contribution in [0.15, 0.2) is 29.2 Å². The average molecular weight is 364 g/mol. The highest BCUT2D eigenvalue weighted by molar-refractivity contribution is 7.98. The third kappa shape index (κ3) is 4.56. The Balaban J connectivity index is 1.63. The van der Waals surface area contributed by atoms with E-state index in [0.29, 0.717) is 6.04 Å². The molecule has 2 saturated heterocycles. The molecule has 138 valence electrons. The fourth-order valence-electron chi connectivity index (χ4n) is 4.04. The maximum absolute atomic E-state index is 12.0. The fraction of sp³-hybridized carbons (Fsp3) is 0.632. The van der Waals surface area contributed by atoms with Crippen molar-refractivity contribution >= 4 is 17.7 Å². The molecule has 0 aliphatic carbocycles. The van der Waals surface area contributed by atoms with E-state index in [2.05, 4.69) is 21.7 Å². The van der Waals surface area contributed by atoms with Gasteiger partial charge < -0.3 is 10.0 Å². The summed E-state index contributed by atoms with van der Waals surface area (Å²) in [5, 5.41) is 9.82. The van der Waals surface area contributed by atoms with Crippen molar-refractivity contribution in [2.24, 2.45) is 0 Å². The highest BCUT2D eigenvalue weighted by atomic mass is 32.2. The summed E-state index contributed by atoms with van der Waals surface area (Å²) in [6.07, 6.45) is 4.48. The zero-order valence-corrected chi connectivity index (χ0v) is 16.0. The second kappa shape index (κ2) is 8.54. The quantitative estimate of drug-likeness (QED) is 0.810. The van der Waals surface area contributed by atoms with Crippen LogP contribution in [0.25, 0.3) is 0 Å². The van der Waals surface area contributed by atoms with E-state index in [1.165, 1.54) is 25.9 Å². The van der Waals surface area contributed by atoms with Crippen LogP contribution >= 0.6 is 11.8 Å². The summed E-state index contributed by atoms with van der Waals surface area (Å²) < 4.78 is 0. The number of carboxylic acids is 1. The molecule has 0 bridgehead atoms. The molecule has 2 fully saturated rings. The molecule has 1 aromatic rings. The number of carboxylic acid groups (broad SMARTS) is 1. The van der Waals surface area contributed by atoms with Crippen LogP contribution in [0.4, 0.5) is 0 Å². The Labute approximate surface area is 155 Å². The Morgan fingerprint density at radius 3 is 2.44 bits per heavy atom. The molecule has 5 nitrogen and oxygen atoms in total. The molecule has 0 radical (unpaired) electrons. The first-order valence-electron chi connectivity index (χ1n) is 9.12. The van der Waals surface area contributed by atoms with Crippen molar-refractivity contribution in [3.05, 3.63) is 29.8 Å². The molecule has 0 spiro atoms. The summed E-state index contributed by atoms with van der Waals surface area (Å²) in [6.45, 7) is 5.94. The third-order valence-electron chi connectivity index (χ3n) is 5.56. The van der Waals surface area contributed by atoms with Crippen LogP contribution < -0.4 is 0 Å². The number of nitrogens with zero attached hydrogens (tertiary/aromatic N) is 3. The summed E-state index contributed by atoms with van der Waals surface area (Å²) in [5.74, 6) is -0.744. The van der Waals surface area contributed by atoms with Gasteiger partial charge in [0.15, 0.2) is 0 Å². The van der Waals surface area contributed by atoms with Crippen LogP contribution in [0.5, 0.6) is 0 Å². The first-order chi connectivity index (χ1) is 12.1. The van der Waals surface area contributed by atoms with E-state index in [4.69, 9.17) is 0 Å². The summed E-state index contributed by atoms with van der Waals surface area (Å²) in [4.78, 5) is 20.2. The van der Waals surface area contributed by atoms with Gasteiger partial charge in [-0.15, -0.1) is 11.8 Å². The molecule has 3 rings (SSSR count). The minimum atomic E-state index is -0.744. The van der Waals surface area contributed by atoms with Crippen molar-refractivity contribution in [2.45, 2.75) is 29.8 Å². The Bertz CT molecular complexity index is 582. The van der Waals surface area contributed by atoms with Crippen LogP contribution in [-0.4, -0.2) is 84.4 Å². The molecule has 25 heavy (non-hydrogen) atoms. The zero-order chi connectivity index (χ0) is 17.8. The van der Waals surface area contributed by atoms with Gasteiger partial charge in [-0.1, -0.05) is 12.1 Å². The molecule has 0 aromatic heterocycles. The average Bonchev–Trinajstić information content (AvgIpc) is 2.63. The van der Waals surface area contributed by atoms with E-state index in [-0.39, 0.29) is 0 Å². The molecule has 1 atom stereocenters. The molecular formula is C19H29N3O2S. The summed E-state index contributed by atoms with van der Waals surface area (Å²) in [7, 11) is 2.19. The van der Waals surface area contributed by atoms with Gasteiger partial charge in [0.1, 0.15) is 6.04 Å². The van der Waals surface area contributed by atoms with Gasteiger partial charge in [0.25, 0.3) is 0 Å². The molecule has 1 N–H and O–H groups in total. The van der Waals surface area contributed by atoms with E-state index < -0.39 is 12.0 Å².